The van der Waals surface area contributed by atoms with Crippen molar-refractivity contribution in [2.45, 2.75) is 33.2 Å². The van der Waals surface area contributed by atoms with Gasteiger partial charge in [-0.2, -0.15) is 0 Å². The van der Waals surface area contributed by atoms with Crippen molar-refractivity contribution in [1.29, 1.82) is 0 Å². The van der Waals surface area contributed by atoms with Gasteiger partial charge in [-0.1, -0.05) is 13.8 Å². The molecule has 0 saturated carbocycles. The van der Waals surface area contributed by atoms with Crippen LogP contribution in [0.25, 0.3) is 5.69 Å². The van der Waals surface area contributed by atoms with E-state index in [1.165, 1.54) is 49.2 Å². The van der Waals surface area contributed by atoms with E-state index in [-0.39, 0.29) is 17.9 Å². The minimum atomic E-state index is -0.599. The van der Waals surface area contributed by atoms with Crippen molar-refractivity contribution in [3.63, 3.8) is 0 Å². The molecule has 3 aromatic rings. The Morgan fingerprint density at radius 3 is 2.43 bits per heavy atom. The second kappa shape index (κ2) is 9.37. The fourth-order valence-electron chi connectivity index (χ4n) is 4.46. The fraction of sp³-hybridized carbons (Fsp3) is 0.296. The molecule has 1 N–H and O–H groups in total. The van der Waals surface area contributed by atoms with Gasteiger partial charge in [-0.25, -0.2) is 4.39 Å². The number of nitrogens with zero attached hydrogens (tertiary/aromatic N) is 1. The highest BCUT2D eigenvalue weighted by molar-refractivity contribution is 6.04. The first-order chi connectivity index (χ1) is 16.6. The van der Waals surface area contributed by atoms with Crippen LogP contribution in [0.4, 0.5) is 4.39 Å². The van der Waals surface area contributed by atoms with Gasteiger partial charge in [-0.05, 0) is 59.9 Å². The van der Waals surface area contributed by atoms with E-state index in [1.807, 2.05) is 13.8 Å². The van der Waals surface area contributed by atoms with Crippen LogP contribution in [-0.2, 0) is 13.0 Å². The van der Waals surface area contributed by atoms with Gasteiger partial charge in [-0.3, -0.25) is 19.0 Å². The number of fused-ring (bicyclic) bond motifs is 1. The highest BCUT2D eigenvalue weighted by atomic mass is 19.1. The summed E-state index contributed by atoms with van der Waals surface area (Å²) in [5.74, 6) is -0.0455. The summed E-state index contributed by atoms with van der Waals surface area (Å²) in [5, 5.41) is 2.80. The Hall–Kier alpha value is -3.94. The van der Waals surface area contributed by atoms with Crippen LogP contribution >= 0.6 is 0 Å². The normalized spacial score (nSPS) is 14.3. The van der Waals surface area contributed by atoms with E-state index in [9.17, 15) is 18.8 Å². The Kier molecular flexibility index (Phi) is 6.47. The van der Waals surface area contributed by atoms with E-state index in [2.05, 4.69) is 5.32 Å². The quantitative estimate of drug-likeness (QED) is 0.577. The molecule has 0 spiro atoms. The van der Waals surface area contributed by atoms with Gasteiger partial charge in [0.2, 0.25) is 0 Å². The van der Waals surface area contributed by atoms with Crippen molar-refractivity contribution >= 4 is 11.7 Å². The number of methoxy groups -OCH3 is 2. The van der Waals surface area contributed by atoms with E-state index in [4.69, 9.17) is 9.47 Å². The number of amides is 1. The van der Waals surface area contributed by atoms with Crippen LogP contribution in [0.3, 0.4) is 0 Å². The Bertz CT molecular complexity index is 1360. The Balaban J connectivity index is 1.80. The average molecular weight is 479 g/mol. The summed E-state index contributed by atoms with van der Waals surface area (Å²) in [4.78, 5) is 40.0. The topological polar surface area (TPSA) is 86.6 Å². The van der Waals surface area contributed by atoms with Gasteiger partial charge in [0.1, 0.15) is 22.9 Å². The number of rotatable bonds is 6. The third kappa shape index (κ3) is 4.82. The highest BCUT2D eigenvalue weighted by Gasteiger charge is 2.36. The monoisotopic (exact) mass is 478 g/mol. The Morgan fingerprint density at radius 1 is 1.06 bits per heavy atom. The minimum Gasteiger partial charge on any atom is -0.497 e. The van der Waals surface area contributed by atoms with E-state index in [0.717, 1.165) is 0 Å². The highest BCUT2D eigenvalue weighted by Crippen LogP contribution is 2.36. The SMILES string of the molecule is COc1ccc(OC)c(CNC(=O)c2c3c(cn(-c4ccc(F)cc4)c2=O)C(=O)CC(C)(C)C3)c1. The van der Waals surface area contributed by atoms with Crippen LogP contribution < -0.4 is 20.3 Å². The van der Waals surface area contributed by atoms with Gasteiger partial charge in [-0.15, -0.1) is 0 Å². The molecule has 35 heavy (non-hydrogen) atoms. The smallest absolute Gasteiger partial charge is 0.268 e. The molecule has 1 aliphatic carbocycles. The molecule has 1 heterocycles. The molecule has 8 heteroatoms. The van der Waals surface area contributed by atoms with Crippen molar-refractivity contribution in [3.8, 4) is 17.2 Å². The summed E-state index contributed by atoms with van der Waals surface area (Å²) in [7, 11) is 3.06. The van der Waals surface area contributed by atoms with Crippen molar-refractivity contribution in [3.05, 3.63) is 87.1 Å². The van der Waals surface area contributed by atoms with Gasteiger partial charge in [0, 0.05) is 36.0 Å². The number of halogens is 1. The standard InChI is InChI=1S/C27H27FN2O5/c1-27(2)12-20-21(22(31)13-27)15-30(18-7-5-17(28)6-8-18)26(33)24(20)25(32)29-14-16-11-19(34-3)9-10-23(16)35-4/h5-11,15H,12-14H2,1-4H3,(H,29,32). The fourth-order valence-corrected chi connectivity index (χ4v) is 4.46. The second-order valence-corrected chi connectivity index (χ2v) is 9.35. The molecule has 0 saturated heterocycles. The van der Waals surface area contributed by atoms with Gasteiger partial charge in [0.25, 0.3) is 11.5 Å². The molecule has 1 aliphatic rings. The van der Waals surface area contributed by atoms with Crippen LogP contribution in [0.2, 0.25) is 0 Å². The van der Waals surface area contributed by atoms with Crippen LogP contribution in [0.5, 0.6) is 11.5 Å². The van der Waals surface area contributed by atoms with Crippen molar-refractivity contribution in [2.24, 2.45) is 5.41 Å². The number of pyridine rings is 1. The summed E-state index contributed by atoms with van der Waals surface area (Å²) in [6.07, 6.45) is 2.16. The third-order valence-corrected chi connectivity index (χ3v) is 6.17. The van der Waals surface area contributed by atoms with Crippen molar-refractivity contribution in [1.82, 2.24) is 9.88 Å². The number of carbonyl (C=O) groups is 2. The predicted molar refractivity (Wildman–Crippen MR) is 129 cm³/mol. The van der Waals surface area contributed by atoms with Gasteiger partial charge >= 0.3 is 0 Å². The zero-order valence-electron chi connectivity index (χ0n) is 20.1. The maximum atomic E-state index is 13.6. The lowest BCUT2D eigenvalue weighted by molar-refractivity contribution is 0.0908. The number of ketones is 1. The van der Waals surface area contributed by atoms with Crippen LogP contribution in [0, 0.1) is 11.2 Å². The first-order valence-electron chi connectivity index (χ1n) is 11.2. The van der Waals surface area contributed by atoms with Crippen LogP contribution in [0.1, 0.15) is 52.1 Å². The maximum Gasteiger partial charge on any atom is 0.268 e. The molecule has 0 aliphatic heterocycles. The lowest BCUT2D eigenvalue weighted by Crippen LogP contribution is -2.38. The first kappa shape index (κ1) is 24.2. The summed E-state index contributed by atoms with van der Waals surface area (Å²) in [5.41, 5.74) is 0.734. The molecule has 0 atom stereocenters. The molecule has 182 valence electrons. The number of carbonyl (C=O) groups excluding carboxylic acids is 2. The number of hydrogen-bond acceptors (Lipinski definition) is 5. The predicted octanol–water partition coefficient (Wildman–Crippen LogP) is 4.08. The second-order valence-electron chi connectivity index (χ2n) is 9.35. The molecule has 0 fully saturated rings. The maximum absolute atomic E-state index is 13.6. The molecule has 4 rings (SSSR count). The molecule has 7 nitrogen and oxygen atoms in total. The van der Waals surface area contributed by atoms with E-state index < -0.39 is 22.7 Å². The number of Topliss-reactive ketones (excluding diaryl/α,β-unsaturated/α-hetero) is 1. The van der Waals surface area contributed by atoms with E-state index in [1.54, 1.807) is 18.2 Å². The minimum absolute atomic E-state index is 0.0796. The molecule has 1 amide bonds. The molecule has 2 aromatic carbocycles. The Morgan fingerprint density at radius 2 is 1.77 bits per heavy atom. The lowest BCUT2D eigenvalue weighted by Gasteiger charge is -2.31. The molecule has 1 aromatic heterocycles. The summed E-state index contributed by atoms with van der Waals surface area (Å²) in [6, 6.07) is 10.5. The Labute approximate surface area is 202 Å². The van der Waals surface area contributed by atoms with Gasteiger partial charge in [0.05, 0.1) is 14.2 Å². The third-order valence-electron chi connectivity index (χ3n) is 6.17. The largest absolute Gasteiger partial charge is 0.497 e. The van der Waals surface area contributed by atoms with Crippen molar-refractivity contribution in [2.75, 3.05) is 14.2 Å². The molecular weight excluding hydrogens is 451 g/mol. The number of benzene rings is 2. The molecule has 0 radical (unpaired) electrons. The summed E-state index contributed by atoms with van der Waals surface area (Å²) >= 11 is 0. The zero-order valence-corrected chi connectivity index (χ0v) is 20.1. The zero-order chi connectivity index (χ0) is 25.3. The summed E-state index contributed by atoms with van der Waals surface area (Å²) in [6.45, 7) is 3.94. The van der Waals surface area contributed by atoms with Crippen LogP contribution in [-0.4, -0.2) is 30.5 Å². The van der Waals surface area contributed by atoms with E-state index in [0.29, 0.717) is 46.7 Å². The summed E-state index contributed by atoms with van der Waals surface area (Å²) < 4.78 is 25.4. The van der Waals surface area contributed by atoms with Gasteiger partial charge < -0.3 is 14.8 Å². The molecular formula is C27H27FN2O5. The van der Waals surface area contributed by atoms with Crippen molar-refractivity contribution < 1.29 is 23.5 Å². The lowest BCUT2D eigenvalue weighted by atomic mass is 9.73. The number of hydrogen-bond donors (Lipinski definition) is 1. The average Bonchev–Trinajstić information content (AvgIpc) is 2.82. The van der Waals surface area contributed by atoms with Gasteiger partial charge in [0.15, 0.2) is 5.78 Å². The number of aromatic nitrogens is 1. The molecule has 0 bridgehead atoms. The first-order valence-corrected chi connectivity index (χ1v) is 11.2. The number of ether oxygens (including phenoxy) is 2. The van der Waals surface area contributed by atoms with E-state index >= 15 is 0 Å². The number of nitrogens with one attached hydrogen (secondary N) is 1. The molecule has 0 unspecified atom stereocenters. The van der Waals surface area contributed by atoms with Crippen LogP contribution in [0.15, 0.2) is 53.5 Å².